The van der Waals surface area contributed by atoms with Crippen LogP contribution in [0, 0.1) is 0 Å². The lowest BCUT2D eigenvalue weighted by molar-refractivity contribution is 0.102. The summed E-state index contributed by atoms with van der Waals surface area (Å²) in [5.41, 5.74) is 1.65. The molecule has 1 amide bonds. The Bertz CT molecular complexity index is 785. The molecule has 0 spiro atoms. The molecule has 0 radical (unpaired) electrons. The molecule has 0 bridgehead atoms. The summed E-state index contributed by atoms with van der Waals surface area (Å²) in [5.74, 6) is -0.302. The van der Waals surface area contributed by atoms with Crippen LogP contribution in [-0.4, -0.2) is 21.1 Å². The third-order valence-corrected chi connectivity index (χ3v) is 4.08. The Balaban J connectivity index is 1.84. The summed E-state index contributed by atoms with van der Waals surface area (Å²) >= 11 is 13.3. The van der Waals surface area contributed by atoms with Crippen LogP contribution in [0.4, 0.5) is 5.69 Å². The third-order valence-electron chi connectivity index (χ3n) is 2.65. The van der Waals surface area contributed by atoms with Crippen molar-refractivity contribution in [1.82, 2.24) is 15.2 Å². The molecule has 0 unspecified atom stereocenters. The molecule has 106 valence electrons. The van der Waals surface area contributed by atoms with Crippen LogP contribution in [0.25, 0.3) is 10.6 Å². The quantitative estimate of drug-likeness (QED) is 0.755. The normalized spacial score (nSPS) is 10.6. The second-order valence-electron chi connectivity index (χ2n) is 4.10. The molecule has 2 heterocycles. The first-order valence-electron chi connectivity index (χ1n) is 5.84. The van der Waals surface area contributed by atoms with Gasteiger partial charge < -0.3 is 5.32 Å². The van der Waals surface area contributed by atoms with Crippen molar-refractivity contribution in [2.75, 3.05) is 5.32 Å². The van der Waals surface area contributed by atoms with E-state index in [9.17, 15) is 4.79 Å². The van der Waals surface area contributed by atoms with Crippen molar-refractivity contribution in [3.63, 3.8) is 0 Å². The van der Waals surface area contributed by atoms with Crippen LogP contribution >= 0.6 is 34.5 Å². The number of carbonyl (C=O) groups is 1. The first-order valence-corrected chi connectivity index (χ1v) is 7.48. The lowest BCUT2D eigenvalue weighted by Crippen LogP contribution is -2.11. The number of amides is 1. The Kier molecular flexibility index (Phi) is 3.92. The van der Waals surface area contributed by atoms with Crippen LogP contribution in [0.2, 0.25) is 10.0 Å². The molecule has 5 nitrogen and oxygen atoms in total. The number of thiazole rings is 1. The molecule has 3 rings (SSSR count). The second-order valence-corrected chi connectivity index (χ2v) is 5.80. The fourth-order valence-corrected chi connectivity index (χ4v) is 3.07. The fourth-order valence-electron chi connectivity index (χ4n) is 1.68. The predicted molar refractivity (Wildman–Crippen MR) is 84.1 cm³/mol. The number of nitrogens with one attached hydrogen (secondary N) is 2. The van der Waals surface area contributed by atoms with Crippen LogP contribution in [0.1, 0.15) is 10.5 Å². The van der Waals surface area contributed by atoms with Gasteiger partial charge in [-0.05, 0) is 18.2 Å². The number of aromatic amines is 1. The first-order chi connectivity index (χ1) is 10.1. The maximum absolute atomic E-state index is 12.0. The number of carbonyl (C=O) groups excluding carboxylic acids is 1. The molecule has 2 aromatic heterocycles. The lowest BCUT2D eigenvalue weighted by atomic mass is 10.2. The smallest absolute Gasteiger partial charge is 0.275 e. The minimum atomic E-state index is -0.302. The van der Waals surface area contributed by atoms with Crippen molar-refractivity contribution in [2.45, 2.75) is 0 Å². The van der Waals surface area contributed by atoms with Crippen molar-refractivity contribution < 1.29 is 4.79 Å². The highest BCUT2D eigenvalue weighted by molar-refractivity contribution is 7.13. The van der Waals surface area contributed by atoms with E-state index in [1.807, 2.05) is 0 Å². The van der Waals surface area contributed by atoms with Crippen molar-refractivity contribution >= 4 is 46.1 Å². The van der Waals surface area contributed by atoms with Gasteiger partial charge in [0.15, 0.2) is 0 Å². The summed E-state index contributed by atoms with van der Waals surface area (Å²) in [4.78, 5) is 16.3. The van der Waals surface area contributed by atoms with Gasteiger partial charge in [-0.1, -0.05) is 23.2 Å². The highest BCUT2D eigenvalue weighted by atomic mass is 35.5. The van der Waals surface area contributed by atoms with Gasteiger partial charge in [0.2, 0.25) is 0 Å². The van der Waals surface area contributed by atoms with E-state index >= 15 is 0 Å². The van der Waals surface area contributed by atoms with Gasteiger partial charge in [0.1, 0.15) is 10.7 Å². The molecule has 2 N–H and O–H groups in total. The van der Waals surface area contributed by atoms with Gasteiger partial charge in [-0.3, -0.25) is 9.89 Å². The van der Waals surface area contributed by atoms with Gasteiger partial charge in [-0.15, -0.1) is 11.3 Å². The monoisotopic (exact) mass is 338 g/mol. The summed E-state index contributed by atoms with van der Waals surface area (Å²) < 4.78 is 0. The highest BCUT2D eigenvalue weighted by Gasteiger charge is 2.14. The average Bonchev–Trinajstić information content (AvgIpc) is 3.09. The molecule has 0 saturated carbocycles. The van der Waals surface area contributed by atoms with E-state index < -0.39 is 0 Å². The SMILES string of the molecule is O=C(Nc1cn[nH]c1)c1csc(-c2ccc(Cl)cc2Cl)n1. The number of halogens is 2. The Morgan fingerprint density at radius 3 is 2.90 bits per heavy atom. The largest absolute Gasteiger partial charge is 0.318 e. The predicted octanol–water partition coefficient (Wildman–Crippen LogP) is 4.09. The molecule has 0 aliphatic heterocycles. The van der Waals surface area contributed by atoms with Crippen LogP contribution in [0.5, 0.6) is 0 Å². The van der Waals surface area contributed by atoms with E-state index in [2.05, 4.69) is 20.5 Å². The Labute approximate surface area is 133 Å². The van der Waals surface area contributed by atoms with Crippen molar-refractivity contribution in [3.05, 3.63) is 51.7 Å². The zero-order chi connectivity index (χ0) is 14.8. The van der Waals surface area contributed by atoms with Crippen LogP contribution in [0.3, 0.4) is 0 Å². The fraction of sp³-hybridized carbons (Fsp3) is 0. The molecule has 1 aromatic carbocycles. The van der Waals surface area contributed by atoms with Crippen molar-refractivity contribution in [3.8, 4) is 10.6 Å². The number of H-pyrrole nitrogens is 1. The maximum atomic E-state index is 12.0. The van der Waals surface area contributed by atoms with Gasteiger partial charge in [0.25, 0.3) is 5.91 Å². The molecule has 3 aromatic rings. The van der Waals surface area contributed by atoms with E-state index in [0.29, 0.717) is 26.4 Å². The van der Waals surface area contributed by atoms with E-state index in [1.54, 1.807) is 29.8 Å². The molecular formula is C13H8Cl2N4OS. The Hall–Kier alpha value is -1.89. The van der Waals surface area contributed by atoms with Gasteiger partial charge in [-0.25, -0.2) is 4.98 Å². The number of hydrogen-bond donors (Lipinski definition) is 2. The van der Waals surface area contributed by atoms with Gasteiger partial charge in [0, 0.05) is 22.2 Å². The van der Waals surface area contributed by atoms with Gasteiger partial charge in [0.05, 0.1) is 16.9 Å². The van der Waals surface area contributed by atoms with E-state index in [-0.39, 0.29) is 5.91 Å². The summed E-state index contributed by atoms with van der Waals surface area (Å²) in [5, 5.41) is 12.4. The average molecular weight is 339 g/mol. The number of aromatic nitrogens is 3. The van der Waals surface area contributed by atoms with Crippen LogP contribution < -0.4 is 5.32 Å². The zero-order valence-corrected chi connectivity index (χ0v) is 12.8. The highest BCUT2D eigenvalue weighted by Crippen LogP contribution is 2.32. The second kappa shape index (κ2) is 5.85. The third kappa shape index (κ3) is 3.07. The minimum absolute atomic E-state index is 0.302. The van der Waals surface area contributed by atoms with Crippen molar-refractivity contribution in [2.24, 2.45) is 0 Å². The standard InChI is InChI=1S/C13H8Cl2N4OS/c14-7-1-2-9(10(15)3-7)13-19-11(6-21-13)12(20)18-8-4-16-17-5-8/h1-6H,(H,16,17)(H,18,20). The number of rotatable bonds is 3. The molecule has 0 aliphatic carbocycles. The van der Waals surface area contributed by atoms with Crippen molar-refractivity contribution in [1.29, 1.82) is 0 Å². The molecule has 0 saturated heterocycles. The molecule has 0 aliphatic rings. The van der Waals surface area contributed by atoms with E-state index in [1.165, 1.54) is 17.5 Å². The first kappa shape index (κ1) is 14.1. The molecule has 0 atom stereocenters. The van der Waals surface area contributed by atoms with E-state index in [0.717, 1.165) is 5.56 Å². The molecular weight excluding hydrogens is 331 g/mol. The number of hydrogen-bond acceptors (Lipinski definition) is 4. The topological polar surface area (TPSA) is 70.7 Å². The van der Waals surface area contributed by atoms with Crippen LogP contribution in [-0.2, 0) is 0 Å². The lowest BCUT2D eigenvalue weighted by Gasteiger charge is -2.01. The molecule has 8 heteroatoms. The number of anilines is 1. The summed E-state index contributed by atoms with van der Waals surface area (Å²) in [6, 6.07) is 5.15. The zero-order valence-electron chi connectivity index (χ0n) is 10.4. The minimum Gasteiger partial charge on any atom is -0.318 e. The summed E-state index contributed by atoms with van der Waals surface area (Å²) in [7, 11) is 0. The Morgan fingerprint density at radius 1 is 1.33 bits per heavy atom. The molecule has 21 heavy (non-hydrogen) atoms. The van der Waals surface area contributed by atoms with Gasteiger partial charge in [-0.2, -0.15) is 5.10 Å². The maximum Gasteiger partial charge on any atom is 0.275 e. The Morgan fingerprint density at radius 2 is 2.19 bits per heavy atom. The van der Waals surface area contributed by atoms with E-state index in [4.69, 9.17) is 23.2 Å². The summed E-state index contributed by atoms with van der Waals surface area (Å²) in [6.45, 7) is 0. The van der Waals surface area contributed by atoms with Gasteiger partial charge >= 0.3 is 0 Å². The van der Waals surface area contributed by atoms with Crippen LogP contribution in [0.15, 0.2) is 36.0 Å². The number of benzene rings is 1. The molecule has 0 fully saturated rings. The number of nitrogens with zero attached hydrogens (tertiary/aromatic N) is 2. The summed E-state index contributed by atoms with van der Waals surface area (Å²) in [6.07, 6.45) is 3.10.